The third-order valence-electron chi connectivity index (χ3n) is 4.46. The Kier molecular flexibility index (Phi) is 5.51. The fraction of sp³-hybridized carbons (Fsp3) is 0.350. The molecule has 3 rings (SSSR count). The summed E-state index contributed by atoms with van der Waals surface area (Å²) in [4.78, 5) is 30.1. The Hall–Kier alpha value is -2.89. The van der Waals surface area contributed by atoms with Gasteiger partial charge < -0.3 is 15.5 Å². The quantitative estimate of drug-likeness (QED) is 0.883. The van der Waals surface area contributed by atoms with Crippen LogP contribution in [0.5, 0.6) is 0 Å². The van der Waals surface area contributed by atoms with Crippen molar-refractivity contribution in [2.75, 3.05) is 28.6 Å². The summed E-state index contributed by atoms with van der Waals surface area (Å²) in [7, 11) is 0. The van der Waals surface area contributed by atoms with Crippen LogP contribution in [-0.4, -0.2) is 29.9 Å². The lowest BCUT2D eigenvalue weighted by Crippen LogP contribution is -2.34. The van der Waals surface area contributed by atoms with Gasteiger partial charge in [-0.05, 0) is 55.2 Å². The van der Waals surface area contributed by atoms with Gasteiger partial charge in [0.15, 0.2) is 0 Å². The van der Waals surface area contributed by atoms with Crippen LogP contribution in [0.15, 0.2) is 42.6 Å². The van der Waals surface area contributed by atoms with Crippen LogP contribution < -0.4 is 15.5 Å². The number of nitrogens with one attached hydrogen (secondary N) is 2. The molecule has 0 saturated carbocycles. The van der Waals surface area contributed by atoms with Gasteiger partial charge in [-0.25, -0.2) is 0 Å². The highest BCUT2D eigenvalue weighted by atomic mass is 16.2. The van der Waals surface area contributed by atoms with E-state index in [-0.39, 0.29) is 11.8 Å². The fourth-order valence-electron chi connectivity index (χ4n) is 3.20. The van der Waals surface area contributed by atoms with Crippen molar-refractivity contribution >= 4 is 28.9 Å². The molecule has 0 radical (unpaired) electrons. The SMILES string of the molecule is CC(=O)Nc1ccc(NC(=O)c2cc(N3CCCC(C)C3)ccn2)cc1. The minimum Gasteiger partial charge on any atom is -0.371 e. The molecule has 26 heavy (non-hydrogen) atoms. The first-order valence-corrected chi connectivity index (χ1v) is 8.91. The molecule has 2 amide bonds. The third kappa shape index (κ3) is 4.59. The Bertz CT molecular complexity index is 789. The number of rotatable bonds is 4. The molecule has 0 aliphatic carbocycles. The van der Waals surface area contributed by atoms with Crippen molar-refractivity contribution in [3.05, 3.63) is 48.3 Å². The lowest BCUT2D eigenvalue weighted by molar-refractivity contribution is -0.114. The molecular weight excluding hydrogens is 328 g/mol. The maximum atomic E-state index is 12.5. The van der Waals surface area contributed by atoms with E-state index in [1.807, 2.05) is 12.1 Å². The van der Waals surface area contributed by atoms with Gasteiger partial charge >= 0.3 is 0 Å². The molecule has 0 spiro atoms. The first-order valence-electron chi connectivity index (χ1n) is 8.91. The summed E-state index contributed by atoms with van der Waals surface area (Å²) < 4.78 is 0. The second-order valence-corrected chi connectivity index (χ2v) is 6.81. The van der Waals surface area contributed by atoms with Crippen molar-refractivity contribution in [2.24, 2.45) is 5.92 Å². The van der Waals surface area contributed by atoms with Crippen molar-refractivity contribution in [3.63, 3.8) is 0 Å². The smallest absolute Gasteiger partial charge is 0.274 e. The molecule has 2 aromatic rings. The largest absolute Gasteiger partial charge is 0.371 e. The van der Waals surface area contributed by atoms with E-state index >= 15 is 0 Å². The zero-order chi connectivity index (χ0) is 18.5. The van der Waals surface area contributed by atoms with E-state index in [0.717, 1.165) is 18.8 Å². The maximum Gasteiger partial charge on any atom is 0.274 e. The van der Waals surface area contributed by atoms with Gasteiger partial charge in [0.1, 0.15) is 5.69 Å². The van der Waals surface area contributed by atoms with Crippen LogP contribution in [-0.2, 0) is 4.79 Å². The number of carbonyl (C=O) groups is 2. The Morgan fingerprint density at radius 1 is 1.12 bits per heavy atom. The van der Waals surface area contributed by atoms with E-state index < -0.39 is 0 Å². The van der Waals surface area contributed by atoms with E-state index in [1.165, 1.54) is 19.8 Å². The van der Waals surface area contributed by atoms with Crippen LogP contribution in [0.4, 0.5) is 17.1 Å². The summed E-state index contributed by atoms with van der Waals surface area (Å²) in [6, 6.07) is 10.8. The zero-order valence-corrected chi connectivity index (χ0v) is 15.2. The summed E-state index contributed by atoms with van der Waals surface area (Å²) in [5, 5.41) is 5.54. The van der Waals surface area contributed by atoms with Crippen LogP contribution in [0.3, 0.4) is 0 Å². The number of nitrogens with zero attached hydrogens (tertiary/aromatic N) is 2. The molecule has 136 valence electrons. The molecule has 2 N–H and O–H groups in total. The Morgan fingerprint density at radius 2 is 1.81 bits per heavy atom. The lowest BCUT2D eigenvalue weighted by atomic mass is 10.00. The van der Waals surface area contributed by atoms with Crippen molar-refractivity contribution in [1.82, 2.24) is 4.98 Å². The number of carbonyl (C=O) groups excluding carboxylic acids is 2. The average molecular weight is 352 g/mol. The van der Waals surface area contributed by atoms with Crippen molar-refractivity contribution < 1.29 is 9.59 Å². The van der Waals surface area contributed by atoms with E-state index in [2.05, 4.69) is 27.4 Å². The molecule has 1 saturated heterocycles. The molecule has 2 heterocycles. The molecule has 0 bridgehead atoms. The van der Waals surface area contributed by atoms with Gasteiger partial charge in [0.25, 0.3) is 5.91 Å². The highest BCUT2D eigenvalue weighted by Gasteiger charge is 2.18. The number of hydrogen-bond donors (Lipinski definition) is 2. The molecule has 1 aromatic heterocycles. The third-order valence-corrected chi connectivity index (χ3v) is 4.46. The Labute approximate surface area is 153 Å². The zero-order valence-electron chi connectivity index (χ0n) is 15.2. The van der Waals surface area contributed by atoms with Gasteiger partial charge in [-0.15, -0.1) is 0 Å². The van der Waals surface area contributed by atoms with Crippen LogP contribution in [0, 0.1) is 5.92 Å². The van der Waals surface area contributed by atoms with E-state index in [1.54, 1.807) is 30.5 Å². The number of hydrogen-bond acceptors (Lipinski definition) is 4. The highest BCUT2D eigenvalue weighted by molar-refractivity contribution is 6.03. The lowest BCUT2D eigenvalue weighted by Gasteiger charge is -2.32. The summed E-state index contributed by atoms with van der Waals surface area (Å²) in [5.41, 5.74) is 2.78. The standard InChI is InChI=1S/C20H24N4O2/c1-14-4-3-11-24(13-14)18-9-10-21-19(12-18)20(26)23-17-7-5-16(6-8-17)22-15(2)25/h5-10,12,14H,3-4,11,13H2,1-2H3,(H,22,25)(H,23,26). The number of piperidine rings is 1. The minimum absolute atomic E-state index is 0.130. The summed E-state index contributed by atoms with van der Waals surface area (Å²) in [6.45, 7) is 5.73. The number of benzene rings is 1. The summed E-state index contributed by atoms with van der Waals surface area (Å²) >= 11 is 0. The molecule has 6 heteroatoms. The Balaban J connectivity index is 1.68. The summed E-state index contributed by atoms with van der Waals surface area (Å²) in [5.74, 6) is 0.287. The molecule has 1 atom stereocenters. The molecule has 1 aliphatic heterocycles. The maximum absolute atomic E-state index is 12.5. The number of anilines is 3. The van der Waals surface area contributed by atoms with Crippen LogP contribution in [0.25, 0.3) is 0 Å². The number of pyridine rings is 1. The van der Waals surface area contributed by atoms with Gasteiger partial charge in [0.05, 0.1) is 0 Å². The Morgan fingerprint density at radius 3 is 2.46 bits per heavy atom. The second kappa shape index (κ2) is 7.99. The monoisotopic (exact) mass is 352 g/mol. The van der Waals surface area contributed by atoms with Gasteiger partial charge in [0.2, 0.25) is 5.91 Å². The van der Waals surface area contributed by atoms with Gasteiger partial charge in [0, 0.05) is 43.3 Å². The van der Waals surface area contributed by atoms with Crippen molar-refractivity contribution in [1.29, 1.82) is 0 Å². The van der Waals surface area contributed by atoms with Crippen LogP contribution in [0.1, 0.15) is 37.2 Å². The van der Waals surface area contributed by atoms with Gasteiger partial charge in [-0.3, -0.25) is 14.6 Å². The fourth-order valence-corrected chi connectivity index (χ4v) is 3.20. The van der Waals surface area contributed by atoms with Crippen LogP contribution in [0.2, 0.25) is 0 Å². The number of aromatic nitrogens is 1. The molecule has 6 nitrogen and oxygen atoms in total. The van der Waals surface area contributed by atoms with Crippen molar-refractivity contribution in [2.45, 2.75) is 26.7 Å². The first-order chi connectivity index (χ1) is 12.5. The number of amides is 2. The molecule has 1 fully saturated rings. The molecule has 1 aliphatic rings. The van der Waals surface area contributed by atoms with Gasteiger partial charge in [-0.1, -0.05) is 6.92 Å². The topological polar surface area (TPSA) is 74.3 Å². The highest BCUT2D eigenvalue weighted by Crippen LogP contribution is 2.23. The summed E-state index contributed by atoms with van der Waals surface area (Å²) in [6.07, 6.45) is 4.11. The van der Waals surface area contributed by atoms with Gasteiger partial charge in [-0.2, -0.15) is 0 Å². The molecule has 1 unspecified atom stereocenters. The average Bonchev–Trinajstić information content (AvgIpc) is 2.63. The minimum atomic E-state index is -0.246. The second-order valence-electron chi connectivity index (χ2n) is 6.81. The predicted octanol–water partition coefficient (Wildman–Crippen LogP) is 3.53. The normalized spacial score (nSPS) is 16.8. The van der Waals surface area contributed by atoms with Crippen LogP contribution >= 0.6 is 0 Å². The first kappa shape index (κ1) is 17.9. The molecule has 1 aromatic carbocycles. The van der Waals surface area contributed by atoms with E-state index in [0.29, 0.717) is 23.0 Å². The van der Waals surface area contributed by atoms with E-state index in [4.69, 9.17) is 0 Å². The molecular formula is C20H24N4O2. The van der Waals surface area contributed by atoms with E-state index in [9.17, 15) is 9.59 Å². The van der Waals surface area contributed by atoms with Crippen molar-refractivity contribution in [3.8, 4) is 0 Å². The predicted molar refractivity (Wildman–Crippen MR) is 104 cm³/mol.